The predicted molar refractivity (Wildman–Crippen MR) is 115 cm³/mol. The minimum Gasteiger partial charge on any atom is -0.472 e. The number of piperidine rings is 1. The Labute approximate surface area is 177 Å². The van der Waals surface area contributed by atoms with E-state index < -0.39 is 0 Å². The van der Waals surface area contributed by atoms with Crippen molar-refractivity contribution in [2.45, 2.75) is 58.2 Å². The van der Waals surface area contributed by atoms with E-state index in [1.165, 1.54) is 17.0 Å². The summed E-state index contributed by atoms with van der Waals surface area (Å²) in [7, 11) is 0. The van der Waals surface area contributed by atoms with Gasteiger partial charge >= 0.3 is 0 Å². The first-order valence-corrected chi connectivity index (χ1v) is 10.9. The number of furan rings is 1. The van der Waals surface area contributed by atoms with Crippen LogP contribution in [-0.4, -0.2) is 44.1 Å². The van der Waals surface area contributed by atoms with Crippen molar-refractivity contribution in [2.75, 3.05) is 24.5 Å². The number of hydrogen-bond donors (Lipinski definition) is 0. The highest BCUT2D eigenvalue weighted by Gasteiger charge is 2.45. The SMILES string of the molecule is Cc1nc2c(n1C(C)C)CN(Cc1ccoc1)CC21CCN(c2ncccn2)CC1. The average molecular weight is 407 g/mol. The number of imidazole rings is 1. The second-order valence-electron chi connectivity index (χ2n) is 9.01. The van der Waals surface area contributed by atoms with Gasteiger partial charge in [-0.3, -0.25) is 4.90 Å². The highest BCUT2D eigenvalue weighted by atomic mass is 16.3. The second-order valence-corrected chi connectivity index (χ2v) is 9.01. The summed E-state index contributed by atoms with van der Waals surface area (Å²) in [6, 6.07) is 4.35. The molecule has 3 aromatic heterocycles. The maximum absolute atomic E-state index is 5.33. The summed E-state index contributed by atoms with van der Waals surface area (Å²) in [5.74, 6) is 1.97. The summed E-state index contributed by atoms with van der Waals surface area (Å²) >= 11 is 0. The Morgan fingerprint density at radius 3 is 2.60 bits per heavy atom. The normalized spacial score (nSPS) is 18.9. The molecule has 30 heavy (non-hydrogen) atoms. The molecule has 0 aromatic carbocycles. The van der Waals surface area contributed by atoms with Crippen LogP contribution in [0.1, 0.15) is 55.5 Å². The molecule has 0 bridgehead atoms. The zero-order valence-corrected chi connectivity index (χ0v) is 18.1. The molecule has 0 saturated carbocycles. The van der Waals surface area contributed by atoms with E-state index in [0.717, 1.165) is 57.3 Å². The topological polar surface area (TPSA) is 63.2 Å². The molecule has 7 heteroatoms. The number of aryl methyl sites for hydroxylation is 1. The van der Waals surface area contributed by atoms with Crippen LogP contribution in [0.3, 0.4) is 0 Å². The molecule has 0 atom stereocenters. The zero-order chi connectivity index (χ0) is 20.7. The van der Waals surface area contributed by atoms with Gasteiger partial charge in [-0.15, -0.1) is 0 Å². The smallest absolute Gasteiger partial charge is 0.225 e. The van der Waals surface area contributed by atoms with Crippen LogP contribution in [0.5, 0.6) is 0 Å². The Morgan fingerprint density at radius 1 is 1.17 bits per heavy atom. The van der Waals surface area contributed by atoms with Crippen molar-refractivity contribution in [2.24, 2.45) is 0 Å². The van der Waals surface area contributed by atoms with Crippen molar-refractivity contribution < 1.29 is 4.42 Å². The van der Waals surface area contributed by atoms with Crippen LogP contribution in [-0.2, 0) is 18.5 Å². The van der Waals surface area contributed by atoms with E-state index in [0.29, 0.717) is 6.04 Å². The van der Waals surface area contributed by atoms with Gasteiger partial charge in [-0.2, -0.15) is 0 Å². The van der Waals surface area contributed by atoms with E-state index in [2.05, 4.69) is 51.2 Å². The van der Waals surface area contributed by atoms with Crippen LogP contribution < -0.4 is 4.90 Å². The van der Waals surface area contributed by atoms with Crippen molar-refractivity contribution in [3.63, 3.8) is 0 Å². The Bertz CT molecular complexity index is 986. The van der Waals surface area contributed by atoms with Crippen LogP contribution in [0, 0.1) is 6.92 Å². The fraction of sp³-hybridized carbons (Fsp3) is 0.522. The fourth-order valence-corrected chi connectivity index (χ4v) is 5.36. The van der Waals surface area contributed by atoms with Crippen LogP contribution in [0.25, 0.3) is 0 Å². The van der Waals surface area contributed by atoms with Crippen LogP contribution in [0.4, 0.5) is 5.95 Å². The quantitative estimate of drug-likeness (QED) is 0.658. The Balaban J connectivity index is 1.47. The molecular formula is C23H30N6O. The number of nitrogens with zero attached hydrogens (tertiary/aromatic N) is 6. The highest BCUT2D eigenvalue weighted by Crippen LogP contribution is 2.43. The van der Waals surface area contributed by atoms with Gasteiger partial charge in [0, 0.05) is 62.1 Å². The second kappa shape index (κ2) is 7.54. The van der Waals surface area contributed by atoms with Gasteiger partial charge in [0.1, 0.15) is 5.82 Å². The summed E-state index contributed by atoms with van der Waals surface area (Å²) < 4.78 is 7.76. The predicted octanol–water partition coefficient (Wildman–Crippen LogP) is 3.71. The first-order valence-electron chi connectivity index (χ1n) is 10.9. The summed E-state index contributed by atoms with van der Waals surface area (Å²) in [5, 5.41) is 0. The van der Waals surface area contributed by atoms with Gasteiger partial charge in [0.25, 0.3) is 0 Å². The van der Waals surface area contributed by atoms with Gasteiger partial charge in [-0.25, -0.2) is 15.0 Å². The van der Waals surface area contributed by atoms with Crippen molar-refractivity contribution in [1.29, 1.82) is 0 Å². The lowest BCUT2D eigenvalue weighted by Gasteiger charge is -2.47. The van der Waals surface area contributed by atoms with Crippen LogP contribution >= 0.6 is 0 Å². The minimum absolute atomic E-state index is 0.0769. The number of anilines is 1. The van der Waals surface area contributed by atoms with Crippen molar-refractivity contribution in [3.05, 3.63) is 59.8 Å². The molecule has 2 aliphatic heterocycles. The average Bonchev–Trinajstić information content (AvgIpc) is 3.37. The molecule has 0 aliphatic carbocycles. The molecule has 5 heterocycles. The molecule has 7 nitrogen and oxygen atoms in total. The third-order valence-electron chi connectivity index (χ3n) is 6.65. The molecule has 5 rings (SSSR count). The van der Waals surface area contributed by atoms with Gasteiger partial charge in [0.15, 0.2) is 0 Å². The van der Waals surface area contributed by atoms with Gasteiger partial charge in [0.05, 0.1) is 23.9 Å². The summed E-state index contributed by atoms with van der Waals surface area (Å²) in [6.07, 6.45) is 9.41. The molecule has 1 saturated heterocycles. The largest absolute Gasteiger partial charge is 0.472 e. The molecule has 0 N–H and O–H groups in total. The third kappa shape index (κ3) is 3.31. The Morgan fingerprint density at radius 2 is 1.93 bits per heavy atom. The minimum atomic E-state index is 0.0769. The maximum Gasteiger partial charge on any atom is 0.225 e. The molecule has 1 fully saturated rings. The first-order chi connectivity index (χ1) is 14.6. The van der Waals surface area contributed by atoms with Gasteiger partial charge in [-0.05, 0) is 45.7 Å². The van der Waals surface area contributed by atoms with E-state index >= 15 is 0 Å². The van der Waals surface area contributed by atoms with E-state index in [9.17, 15) is 0 Å². The molecule has 0 unspecified atom stereocenters. The van der Waals surface area contributed by atoms with E-state index in [1.807, 2.05) is 24.7 Å². The third-order valence-corrected chi connectivity index (χ3v) is 6.65. The molecule has 0 amide bonds. The molecular weight excluding hydrogens is 376 g/mol. The molecule has 2 aliphatic rings. The summed E-state index contributed by atoms with van der Waals surface area (Å²) in [6.45, 7) is 11.5. The van der Waals surface area contributed by atoms with Crippen molar-refractivity contribution in [1.82, 2.24) is 24.4 Å². The monoisotopic (exact) mass is 406 g/mol. The summed E-state index contributed by atoms with van der Waals surface area (Å²) in [4.78, 5) is 19.0. The lowest BCUT2D eigenvalue weighted by Crippen LogP contribution is -2.52. The number of aromatic nitrogens is 4. The van der Waals surface area contributed by atoms with Gasteiger partial charge in [0.2, 0.25) is 5.95 Å². The molecule has 0 radical (unpaired) electrons. The van der Waals surface area contributed by atoms with Gasteiger partial charge in [-0.1, -0.05) is 0 Å². The van der Waals surface area contributed by atoms with Crippen molar-refractivity contribution in [3.8, 4) is 0 Å². The molecule has 1 spiro atoms. The Hall–Kier alpha value is -2.67. The number of hydrogen-bond acceptors (Lipinski definition) is 6. The van der Waals surface area contributed by atoms with Crippen LogP contribution in [0.15, 0.2) is 41.5 Å². The van der Waals surface area contributed by atoms with E-state index in [-0.39, 0.29) is 5.41 Å². The van der Waals surface area contributed by atoms with Crippen LogP contribution in [0.2, 0.25) is 0 Å². The van der Waals surface area contributed by atoms with E-state index in [4.69, 9.17) is 9.40 Å². The zero-order valence-electron chi connectivity index (χ0n) is 18.1. The Kier molecular flexibility index (Phi) is 4.85. The molecule has 3 aromatic rings. The first kappa shape index (κ1) is 19.3. The number of rotatable bonds is 4. The maximum atomic E-state index is 5.33. The van der Waals surface area contributed by atoms with Crippen molar-refractivity contribution >= 4 is 5.95 Å². The highest BCUT2D eigenvalue weighted by molar-refractivity contribution is 5.36. The van der Waals surface area contributed by atoms with E-state index in [1.54, 1.807) is 6.26 Å². The lowest BCUT2D eigenvalue weighted by molar-refractivity contribution is 0.137. The van der Waals surface area contributed by atoms with Gasteiger partial charge < -0.3 is 13.9 Å². The lowest BCUT2D eigenvalue weighted by atomic mass is 9.72. The fourth-order valence-electron chi connectivity index (χ4n) is 5.36. The number of fused-ring (bicyclic) bond motifs is 2. The standard InChI is InChI=1S/C23H30N6O/c1-17(2)29-18(3)26-21-20(29)14-27(13-19-5-12-30-15-19)16-23(21)6-10-28(11-7-23)22-24-8-4-9-25-22/h4-5,8-9,12,15,17H,6-7,10-11,13-14,16H2,1-3H3. The molecule has 158 valence electrons. The summed E-state index contributed by atoms with van der Waals surface area (Å²) in [5.41, 5.74) is 4.02.